The lowest BCUT2D eigenvalue weighted by Crippen LogP contribution is -2.23. The summed E-state index contributed by atoms with van der Waals surface area (Å²) in [6.07, 6.45) is 1.40. The molecule has 2 aromatic rings. The van der Waals surface area contributed by atoms with Gasteiger partial charge in [-0.2, -0.15) is 0 Å². The van der Waals surface area contributed by atoms with E-state index in [0.29, 0.717) is 5.49 Å². The minimum Gasteiger partial charge on any atom is -0.250 e. The number of halogens is 1. The maximum atomic E-state index is 12.8. The Morgan fingerprint density at radius 2 is 1.81 bits per heavy atom. The van der Waals surface area contributed by atoms with Gasteiger partial charge in [0.05, 0.1) is 0 Å². The predicted molar refractivity (Wildman–Crippen MR) is 55.7 cm³/mol. The van der Waals surface area contributed by atoms with E-state index < -0.39 is 0 Å². The maximum absolute atomic E-state index is 12.8. The zero-order valence-corrected chi connectivity index (χ0v) is 8.34. The summed E-state index contributed by atoms with van der Waals surface area (Å²) in [5.41, 5.74) is 1.52. The fourth-order valence-corrected chi connectivity index (χ4v) is 1.65. The summed E-state index contributed by atoms with van der Waals surface area (Å²) in [5.74, 6) is -0.252. The highest BCUT2D eigenvalue weighted by molar-refractivity contribution is 5.20. The summed E-state index contributed by atoms with van der Waals surface area (Å²) < 4.78 is 12.8. The number of pyridine rings is 1. The Balaban J connectivity index is 2.07. The molecule has 16 heavy (non-hydrogen) atoms. The number of fused-ring (bicyclic) bond motifs is 1. The first-order valence-electron chi connectivity index (χ1n) is 4.95. The van der Waals surface area contributed by atoms with Crippen molar-refractivity contribution in [1.29, 1.82) is 0 Å². The van der Waals surface area contributed by atoms with Gasteiger partial charge in [-0.15, -0.1) is 0 Å². The van der Waals surface area contributed by atoms with E-state index in [2.05, 4.69) is 15.0 Å². The van der Waals surface area contributed by atoms with Crippen LogP contribution < -0.4 is 10.8 Å². The summed E-state index contributed by atoms with van der Waals surface area (Å²) in [7, 11) is 0. The number of hydrogen-bond donors (Lipinski definition) is 0. The second kappa shape index (κ2) is 3.48. The van der Waals surface area contributed by atoms with Crippen molar-refractivity contribution in [2.75, 3.05) is 0 Å². The standard InChI is InChI=1S/C12H8FN3/c13-9-5-3-8(4-6-9)11-15-10-2-1-7-14-12(10)16-11/h1-7,11H. The van der Waals surface area contributed by atoms with Crippen molar-refractivity contribution >= 4 is 0 Å². The van der Waals surface area contributed by atoms with Crippen LogP contribution in [0.3, 0.4) is 0 Å². The molecule has 4 heteroatoms. The van der Waals surface area contributed by atoms with Crippen molar-refractivity contribution in [2.45, 2.75) is 6.17 Å². The van der Waals surface area contributed by atoms with Crippen LogP contribution >= 0.6 is 0 Å². The molecule has 1 aliphatic rings. The van der Waals surface area contributed by atoms with Gasteiger partial charge in [0.1, 0.15) is 11.2 Å². The Kier molecular flexibility index (Phi) is 1.99. The van der Waals surface area contributed by atoms with E-state index in [0.717, 1.165) is 10.9 Å². The summed E-state index contributed by atoms with van der Waals surface area (Å²) in [6, 6.07) is 9.91. The van der Waals surface area contributed by atoms with Gasteiger partial charge in [0, 0.05) is 6.20 Å². The summed E-state index contributed by atoms with van der Waals surface area (Å²) in [5, 5.41) is 0.789. The van der Waals surface area contributed by atoms with Crippen LogP contribution in [0.25, 0.3) is 0 Å². The van der Waals surface area contributed by atoms with E-state index >= 15 is 0 Å². The highest BCUT2D eigenvalue weighted by atomic mass is 19.1. The van der Waals surface area contributed by atoms with Crippen molar-refractivity contribution in [3.05, 3.63) is 64.8 Å². The molecule has 0 bridgehead atoms. The van der Waals surface area contributed by atoms with Crippen LogP contribution in [0.1, 0.15) is 11.7 Å². The van der Waals surface area contributed by atoms with Crippen molar-refractivity contribution in [3.8, 4) is 0 Å². The molecular formula is C12H8FN3. The number of benzene rings is 1. The van der Waals surface area contributed by atoms with E-state index in [-0.39, 0.29) is 12.0 Å². The van der Waals surface area contributed by atoms with Gasteiger partial charge in [-0.1, -0.05) is 12.1 Å². The van der Waals surface area contributed by atoms with Gasteiger partial charge in [0.15, 0.2) is 11.7 Å². The average molecular weight is 213 g/mol. The molecule has 0 N–H and O–H groups in total. The monoisotopic (exact) mass is 213 g/mol. The molecule has 0 radical (unpaired) electrons. The van der Waals surface area contributed by atoms with Gasteiger partial charge in [0.2, 0.25) is 0 Å². The molecule has 1 aromatic heterocycles. The van der Waals surface area contributed by atoms with E-state index in [1.807, 2.05) is 12.1 Å². The number of nitrogens with zero attached hydrogens (tertiary/aromatic N) is 3. The average Bonchev–Trinajstić information content (AvgIpc) is 2.73. The second-order valence-corrected chi connectivity index (χ2v) is 3.53. The van der Waals surface area contributed by atoms with Crippen LogP contribution in [0.2, 0.25) is 0 Å². The molecule has 0 saturated carbocycles. The fourth-order valence-electron chi connectivity index (χ4n) is 1.65. The lowest BCUT2D eigenvalue weighted by molar-refractivity contribution is 0.625. The first-order valence-corrected chi connectivity index (χ1v) is 4.95. The minimum atomic E-state index is -0.287. The molecule has 0 amide bonds. The van der Waals surface area contributed by atoms with Crippen molar-refractivity contribution in [1.82, 2.24) is 4.98 Å². The summed E-state index contributed by atoms with van der Waals surface area (Å²) in [4.78, 5) is 12.9. The van der Waals surface area contributed by atoms with E-state index in [4.69, 9.17) is 0 Å². The van der Waals surface area contributed by atoms with E-state index in [1.54, 1.807) is 18.3 Å². The van der Waals surface area contributed by atoms with Gasteiger partial charge >= 0.3 is 0 Å². The highest BCUT2D eigenvalue weighted by Crippen LogP contribution is 2.18. The minimum absolute atomic E-state index is 0.252. The predicted octanol–water partition coefficient (Wildman–Crippen LogP) is 1.17. The molecule has 3 nitrogen and oxygen atoms in total. The van der Waals surface area contributed by atoms with Crippen LogP contribution in [0.5, 0.6) is 0 Å². The highest BCUT2D eigenvalue weighted by Gasteiger charge is 2.12. The van der Waals surface area contributed by atoms with Crippen LogP contribution in [0, 0.1) is 5.82 Å². The molecular weight excluding hydrogens is 205 g/mol. The van der Waals surface area contributed by atoms with Crippen molar-refractivity contribution in [2.24, 2.45) is 9.98 Å². The van der Waals surface area contributed by atoms with Crippen molar-refractivity contribution < 1.29 is 4.39 Å². The van der Waals surface area contributed by atoms with Crippen LogP contribution in [0.15, 0.2) is 52.6 Å². The van der Waals surface area contributed by atoms with Gasteiger partial charge in [-0.3, -0.25) is 0 Å². The Morgan fingerprint density at radius 1 is 1.00 bits per heavy atom. The van der Waals surface area contributed by atoms with Gasteiger partial charge in [0.25, 0.3) is 0 Å². The van der Waals surface area contributed by atoms with Gasteiger partial charge in [-0.05, 0) is 29.8 Å². The quantitative estimate of drug-likeness (QED) is 0.700. The number of aromatic nitrogens is 1. The Morgan fingerprint density at radius 3 is 2.56 bits per heavy atom. The second-order valence-electron chi connectivity index (χ2n) is 3.53. The smallest absolute Gasteiger partial charge is 0.175 e. The molecule has 2 heterocycles. The third kappa shape index (κ3) is 1.48. The first-order chi connectivity index (χ1) is 7.83. The lowest BCUT2D eigenvalue weighted by Gasteiger charge is -2.02. The fraction of sp³-hybridized carbons (Fsp3) is 0.0833. The Labute approximate surface area is 91.0 Å². The maximum Gasteiger partial charge on any atom is 0.175 e. The largest absolute Gasteiger partial charge is 0.250 e. The molecule has 0 aliphatic carbocycles. The van der Waals surface area contributed by atoms with Crippen LogP contribution in [0.4, 0.5) is 4.39 Å². The molecule has 1 aromatic carbocycles. The molecule has 0 spiro atoms. The normalized spacial score (nSPS) is 17.4. The molecule has 1 unspecified atom stereocenters. The Bertz CT molecular complexity index is 599. The van der Waals surface area contributed by atoms with Crippen LogP contribution in [-0.4, -0.2) is 4.98 Å². The van der Waals surface area contributed by atoms with E-state index in [9.17, 15) is 4.39 Å². The third-order valence-electron chi connectivity index (χ3n) is 2.44. The van der Waals surface area contributed by atoms with Gasteiger partial charge in [-0.25, -0.2) is 19.4 Å². The third-order valence-corrected chi connectivity index (χ3v) is 2.44. The first kappa shape index (κ1) is 9.15. The Hall–Kier alpha value is -2.10. The van der Waals surface area contributed by atoms with Crippen molar-refractivity contribution in [3.63, 3.8) is 0 Å². The molecule has 0 fully saturated rings. The molecule has 3 rings (SSSR count). The zero-order chi connectivity index (χ0) is 11.0. The summed E-state index contributed by atoms with van der Waals surface area (Å²) in [6.45, 7) is 0. The lowest BCUT2D eigenvalue weighted by atomic mass is 10.2. The number of rotatable bonds is 1. The van der Waals surface area contributed by atoms with Gasteiger partial charge < -0.3 is 0 Å². The summed E-state index contributed by atoms with van der Waals surface area (Å²) >= 11 is 0. The van der Waals surface area contributed by atoms with E-state index in [1.165, 1.54) is 12.1 Å². The zero-order valence-electron chi connectivity index (χ0n) is 8.34. The molecule has 1 aliphatic heterocycles. The molecule has 1 atom stereocenters. The molecule has 0 saturated heterocycles. The molecule has 78 valence electrons. The topological polar surface area (TPSA) is 37.6 Å². The van der Waals surface area contributed by atoms with Crippen LogP contribution in [-0.2, 0) is 0 Å². The SMILES string of the molecule is Fc1ccc(C2N=c3cccnc3=N2)cc1. The number of hydrogen-bond acceptors (Lipinski definition) is 3.